The van der Waals surface area contributed by atoms with Crippen LogP contribution in [-0.2, 0) is 6.42 Å². The van der Waals surface area contributed by atoms with Crippen LogP contribution < -0.4 is 9.47 Å². The molecule has 1 aliphatic rings. The quantitative estimate of drug-likeness (QED) is 0.842. The van der Waals surface area contributed by atoms with Gasteiger partial charge in [0.2, 0.25) is 0 Å². The zero-order chi connectivity index (χ0) is 16.2. The summed E-state index contributed by atoms with van der Waals surface area (Å²) in [6.07, 6.45) is 2.00. The standard InChI is InChI=1S/C18H21NO3S/c1-21-16-4-3-13(10-17(16)22-2)9-14-5-7-19(11-14)18(20)15-6-8-23-12-15/h3-4,6,8,10,12,14H,5,7,9,11H2,1-2H3. The lowest BCUT2D eigenvalue weighted by molar-refractivity contribution is 0.0787. The molecule has 1 aliphatic heterocycles. The van der Waals surface area contributed by atoms with Crippen molar-refractivity contribution in [2.45, 2.75) is 12.8 Å². The molecule has 1 amide bonds. The van der Waals surface area contributed by atoms with Gasteiger partial charge < -0.3 is 14.4 Å². The van der Waals surface area contributed by atoms with E-state index in [1.165, 1.54) is 5.56 Å². The number of ether oxygens (including phenoxy) is 2. The molecule has 4 nitrogen and oxygen atoms in total. The summed E-state index contributed by atoms with van der Waals surface area (Å²) in [6, 6.07) is 7.94. The predicted molar refractivity (Wildman–Crippen MR) is 91.6 cm³/mol. The number of likely N-dealkylation sites (tertiary alicyclic amines) is 1. The molecule has 1 atom stereocenters. The van der Waals surface area contributed by atoms with E-state index in [1.54, 1.807) is 25.6 Å². The van der Waals surface area contributed by atoms with E-state index in [0.29, 0.717) is 5.92 Å². The number of thiophene rings is 1. The monoisotopic (exact) mass is 331 g/mol. The van der Waals surface area contributed by atoms with Gasteiger partial charge >= 0.3 is 0 Å². The number of hydrogen-bond acceptors (Lipinski definition) is 4. The largest absolute Gasteiger partial charge is 0.493 e. The summed E-state index contributed by atoms with van der Waals surface area (Å²) in [6.45, 7) is 1.66. The lowest BCUT2D eigenvalue weighted by Crippen LogP contribution is -2.28. The zero-order valence-electron chi connectivity index (χ0n) is 13.5. The molecule has 1 aromatic carbocycles. The molecular formula is C18H21NO3S. The molecule has 0 N–H and O–H groups in total. The van der Waals surface area contributed by atoms with E-state index >= 15 is 0 Å². The third-order valence-electron chi connectivity index (χ3n) is 4.31. The van der Waals surface area contributed by atoms with Crippen molar-refractivity contribution in [2.75, 3.05) is 27.3 Å². The maximum absolute atomic E-state index is 12.4. The second kappa shape index (κ2) is 7.04. The molecule has 122 valence electrons. The van der Waals surface area contributed by atoms with Crippen molar-refractivity contribution in [3.63, 3.8) is 0 Å². The van der Waals surface area contributed by atoms with Gasteiger partial charge in [0.25, 0.3) is 5.91 Å². The molecule has 0 saturated carbocycles. The number of hydrogen-bond donors (Lipinski definition) is 0. The molecule has 0 bridgehead atoms. The van der Waals surface area contributed by atoms with Crippen LogP contribution in [0.5, 0.6) is 11.5 Å². The average molecular weight is 331 g/mol. The van der Waals surface area contributed by atoms with Gasteiger partial charge in [-0.3, -0.25) is 4.79 Å². The van der Waals surface area contributed by atoms with Gasteiger partial charge in [-0.2, -0.15) is 11.3 Å². The Labute approximate surface area is 140 Å². The summed E-state index contributed by atoms with van der Waals surface area (Å²) in [7, 11) is 3.29. The van der Waals surface area contributed by atoms with Crippen LogP contribution in [0.3, 0.4) is 0 Å². The molecule has 23 heavy (non-hydrogen) atoms. The number of amides is 1. The Morgan fingerprint density at radius 3 is 2.78 bits per heavy atom. The van der Waals surface area contributed by atoms with Gasteiger partial charge in [-0.05, 0) is 47.9 Å². The third kappa shape index (κ3) is 3.50. The minimum Gasteiger partial charge on any atom is -0.493 e. The molecule has 1 unspecified atom stereocenters. The SMILES string of the molecule is COc1ccc(CC2CCN(C(=O)c3ccsc3)C2)cc1OC. The van der Waals surface area contributed by atoms with Crippen LogP contribution in [0.1, 0.15) is 22.3 Å². The molecule has 1 saturated heterocycles. The summed E-state index contributed by atoms with van der Waals surface area (Å²) in [5, 5.41) is 3.87. The molecule has 0 spiro atoms. The van der Waals surface area contributed by atoms with Crippen LogP contribution in [0.15, 0.2) is 35.0 Å². The van der Waals surface area contributed by atoms with Crippen LogP contribution in [-0.4, -0.2) is 38.1 Å². The van der Waals surface area contributed by atoms with Gasteiger partial charge in [0.05, 0.1) is 19.8 Å². The maximum atomic E-state index is 12.4. The highest BCUT2D eigenvalue weighted by atomic mass is 32.1. The second-order valence-corrected chi connectivity index (χ2v) is 6.59. The molecule has 3 rings (SSSR count). The van der Waals surface area contributed by atoms with E-state index in [2.05, 4.69) is 6.07 Å². The molecule has 0 radical (unpaired) electrons. The van der Waals surface area contributed by atoms with Gasteiger partial charge in [-0.25, -0.2) is 0 Å². The fourth-order valence-corrected chi connectivity index (χ4v) is 3.72. The first-order valence-electron chi connectivity index (χ1n) is 7.73. The van der Waals surface area contributed by atoms with Gasteiger partial charge in [0, 0.05) is 18.5 Å². The highest BCUT2D eigenvalue weighted by Gasteiger charge is 2.27. The van der Waals surface area contributed by atoms with E-state index in [9.17, 15) is 4.79 Å². The van der Waals surface area contributed by atoms with Crippen molar-refractivity contribution >= 4 is 17.2 Å². The second-order valence-electron chi connectivity index (χ2n) is 5.81. The first kappa shape index (κ1) is 15.9. The summed E-state index contributed by atoms with van der Waals surface area (Å²) in [5.74, 6) is 2.16. The van der Waals surface area contributed by atoms with Gasteiger partial charge in [-0.1, -0.05) is 6.07 Å². The molecule has 2 aromatic rings. The minimum absolute atomic E-state index is 0.154. The number of carbonyl (C=O) groups is 1. The van der Waals surface area contributed by atoms with E-state index in [0.717, 1.165) is 43.0 Å². The van der Waals surface area contributed by atoms with Crippen molar-refractivity contribution in [3.8, 4) is 11.5 Å². The molecule has 2 heterocycles. The van der Waals surface area contributed by atoms with Gasteiger partial charge in [-0.15, -0.1) is 0 Å². The van der Waals surface area contributed by atoms with Crippen LogP contribution in [0.4, 0.5) is 0 Å². The van der Waals surface area contributed by atoms with Crippen LogP contribution in [0, 0.1) is 5.92 Å². The number of carbonyl (C=O) groups excluding carboxylic acids is 1. The first-order chi connectivity index (χ1) is 11.2. The van der Waals surface area contributed by atoms with Crippen LogP contribution >= 0.6 is 11.3 Å². The van der Waals surface area contributed by atoms with Gasteiger partial charge in [0.15, 0.2) is 11.5 Å². The fraction of sp³-hybridized carbons (Fsp3) is 0.389. The lowest BCUT2D eigenvalue weighted by Gasteiger charge is -2.16. The van der Waals surface area contributed by atoms with Gasteiger partial charge in [0.1, 0.15) is 0 Å². The fourth-order valence-electron chi connectivity index (χ4n) is 3.09. The van der Waals surface area contributed by atoms with Crippen molar-refractivity contribution < 1.29 is 14.3 Å². The van der Waals surface area contributed by atoms with Crippen LogP contribution in [0.2, 0.25) is 0 Å². The van der Waals surface area contributed by atoms with Crippen molar-refractivity contribution in [2.24, 2.45) is 5.92 Å². The molecule has 1 aromatic heterocycles. The Balaban J connectivity index is 1.63. The van der Waals surface area contributed by atoms with E-state index in [-0.39, 0.29) is 5.91 Å². The highest BCUT2D eigenvalue weighted by Crippen LogP contribution is 2.30. The maximum Gasteiger partial charge on any atom is 0.254 e. The first-order valence-corrected chi connectivity index (χ1v) is 8.68. The highest BCUT2D eigenvalue weighted by molar-refractivity contribution is 7.08. The third-order valence-corrected chi connectivity index (χ3v) is 5.00. The number of benzene rings is 1. The zero-order valence-corrected chi connectivity index (χ0v) is 14.3. The summed E-state index contributed by atoms with van der Waals surface area (Å²) in [4.78, 5) is 14.4. The van der Waals surface area contributed by atoms with E-state index in [1.807, 2.05) is 33.9 Å². The Bertz CT molecular complexity index is 669. The summed E-state index contributed by atoms with van der Waals surface area (Å²) < 4.78 is 10.6. The van der Waals surface area contributed by atoms with E-state index < -0.39 is 0 Å². The Morgan fingerprint density at radius 1 is 1.26 bits per heavy atom. The molecule has 5 heteroatoms. The molecule has 0 aliphatic carbocycles. The lowest BCUT2D eigenvalue weighted by atomic mass is 9.98. The Hall–Kier alpha value is -2.01. The average Bonchev–Trinajstić information content (AvgIpc) is 3.26. The number of nitrogens with zero attached hydrogens (tertiary/aromatic N) is 1. The van der Waals surface area contributed by atoms with Crippen LogP contribution in [0.25, 0.3) is 0 Å². The summed E-state index contributed by atoms with van der Waals surface area (Å²) >= 11 is 1.56. The Morgan fingerprint density at radius 2 is 2.09 bits per heavy atom. The van der Waals surface area contributed by atoms with Crippen molar-refractivity contribution in [1.29, 1.82) is 0 Å². The number of rotatable bonds is 5. The predicted octanol–water partition coefficient (Wildman–Crippen LogP) is 3.47. The molecular weight excluding hydrogens is 310 g/mol. The minimum atomic E-state index is 0.154. The van der Waals surface area contributed by atoms with E-state index in [4.69, 9.17) is 9.47 Å². The number of methoxy groups -OCH3 is 2. The van der Waals surface area contributed by atoms with Crippen molar-refractivity contribution in [1.82, 2.24) is 4.90 Å². The molecule has 1 fully saturated rings. The topological polar surface area (TPSA) is 38.8 Å². The smallest absolute Gasteiger partial charge is 0.254 e. The normalized spacial score (nSPS) is 17.3. The summed E-state index contributed by atoms with van der Waals surface area (Å²) in [5.41, 5.74) is 2.03. The Kier molecular flexibility index (Phi) is 4.86. The van der Waals surface area contributed by atoms with Crippen molar-refractivity contribution in [3.05, 3.63) is 46.2 Å².